The molecule has 1 aromatic heterocycles. The van der Waals surface area contributed by atoms with E-state index in [1.807, 2.05) is 5.38 Å². The van der Waals surface area contributed by atoms with Crippen molar-refractivity contribution >= 4 is 44.8 Å². The lowest BCUT2D eigenvalue weighted by Gasteiger charge is -2.08. The van der Waals surface area contributed by atoms with Gasteiger partial charge < -0.3 is 0 Å². The fourth-order valence-electron chi connectivity index (χ4n) is 1.03. The summed E-state index contributed by atoms with van der Waals surface area (Å²) in [6.45, 7) is 0. The number of fused-ring (bicyclic) bond motifs is 1. The van der Waals surface area contributed by atoms with E-state index >= 15 is 0 Å². The summed E-state index contributed by atoms with van der Waals surface area (Å²) in [5.41, 5.74) is 0.915. The van der Waals surface area contributed by atoms with E-state index in [9.17, 15) is 4.79 Å². The highest BCUT2D eigenvalue weighted by Gasteiger charge is 2.20. The molecule has 2 rings (SSSR count). The van der Waals surface area contributed by atoms with E-state index < -0.39 is 0 Å². The molecule has 2 heterocycles. The normalized spacial score (nSPS) is 16.6. The highest BCUT2D eigenvalue weighted by atomic mass is 79.9. The zero-order chi connectivity index (χ0) is 7.84. The fourth-order valence-corrected chi connectivity index (χ4v) is 3.88. The first kappa shape index (κ1) is 7.83. The van der Waals surface area contributed by atoms with Gasteiger partial charge >= 0.3 is 0 Å². The molecule has 58 valence electrons. The molecule has 0 N–H and O–H groups in total. The standard InChI is InChI=1S/C7H5BrOS2/c8-7-6-4(3-11-7)5(9)1-2-10-6/h3H,1-2H2. The minimum Gasteiger partial charge on any atom is -0.294 e. The number of rotatable bonds is 0. The fraction of sp³-hybridized carbons (Fsp3) is 0.286. The first-order valence-corrected chi connectivity index (χ1v) is 5.88. The van der Waals surface area contributed by atoms with Gasteiger partial charge in [-0.15, -0.1) is 23.1 Å². The Kier molecular flexibility index (Phi) is 2.08. The maximum atomic E-state index is 11.3. The van der Waals surface area contributed by atoms with Crippen molar-refractivity contribution in [2.45, 2.75) is 11.3 Å². The number of hydrogen-bond donors (Lipinski definition) is 0. The van der Waals surface area contributed by atoms with Crippen LogP contribution < -0.4 is 0 Å². The maximum absolute atomic E-state index is 11.3. The number of carbonyl (C=O) groups is 1. The van der Waals surface area contributed by atoms with Gasteiger partial charge in [0.1, 0.15) is 0 Å². The smallest absolute Gasteiger partial charge is 0.165 e. The molecule has 0 saturated heterocycles. The van der Waals surface area contributed by atoms with Gasteiger partial charge in [-0.05, 0) is 15.9 Å². The van der Waals surface area contributed by atoms with Crippen LogP contribution in [0, 0.1) is 0 Å². The van der Waals surface area contributed by atoms with E-state index in [1.165, 1.54) is 0 Å². The number of Topliss-reactive ketones (excluding diaryl/α,β-unsaturated/α-hetero) is 1. The molecule has 0 aromatic carbocycles. The summed E-state index contributed by atoms with van der Waals surface area (Å²) >= 11 is 6.79. The second-order valence-electron chi connectivity index (χ2n) is 2.27. The van der Waals surface area contributed by atoms with Gasteiger partial charge in [-0.1, -0.05) is 0 Å². The molecule has 0 atom stereocenters. The van der Waals surface area contributed by atoms with Crippen LogP contribution in [0.1, 0.15) is 16.8 Å². The summed E-state index contributed by atoms with van der Waals surface area (Å²) < 4.78 is 1.10. The van der Waals surface area contributed by atoms with Crippen molar-refractivity contribution in [3.05, 3.63) is 14.7 Å². The van der Waals surface area contributed by atoms with Crippen LogP contribution in [0.4, 0.5) is 0 Å². The molecule has 0 saturated carbocycles. The molecule has 1 aliphatic heterocycles. The number of hydrogen-bond acceptors (Lipinski definition) is 3. The predicted octanol–water partition coefficient (Wildman–Crippen LogP) is 3.19. The highest BCUT2D eigenvalue weighted by molar-refractivity contribution is 9.11. The molecule has 1 aliphatic rings. The van der Waals surface area contributed by atoms with E-state index in [4.69, 9.17) is 0 Å². The second kappa shape index (κ2) is 2.92. The van der Waals surface area contributed by atoms with Crippen LogP contribution in [0.25, 0.3) is 0 Å². The molecule has 0 fully saturated rings. The molecule has 0 radical (unpaired) electrons. The monoisotopic (exact) mass is 248 g/mol. The van der Waals surface area contributed by atoms with E-state index in [1.54, 1.807) is 23.1 Å². The van der Waals surface area contributed by atoms with Gasteiger partial charge in [-0.2, -0.15) is 0 Å². The summed E-state index contributed by atoms with van der Waals surface area (Å²) in [4.78, 5) is 12.4. The van der Waals surface area contributed by atoms with Gasteiger partial charge in [-0.3, -0.25) is 4.79 Å². The molecule has 0 aliphatic carbocycles. The lowest BCUT2D eigenvalue weighted by atomic mass is 10.2. The summed E-state index contributed by atoms with van der Waals surface area (Å²) in [6, 6.07) is 0. The number of halogens is 1. The zero-order valence-corrected chi connectivity index (χ0v) is 8.81. The average molecular weight is 249 g/mol. The van der Waals surface area contributed by atoms with Crippen molar-refractivity contribution in [2.24, 2.45) is 0 Å². The maximum Gasteiger partial charge on any atom is 0.165 e. The molecule has 1 nitrogen and oxygen atoms in total. The van der Waals surface area contributed by atoms with Crippen molar-refractivity contribution in [1.29, 1.82) is 0 Å². The minimum atomic E-state index is 0.292. The van der Waals surface area contributed by atoms with Crippen LogP contribution in [0.2, 0.25) is 0 Å². The van der Waals surface area contributed by atoms with Crippen LogP contribution in [-0.4, -0.2) is 11.5 Å². The van der Waals surface area contributed by atoms with Crippen LogP contribution >= 0.6 is 39.0 Å². The molecule has 0 bridgehead atoms. The van der Waals surface area contributed by atoms with Crippen LogP contribution in [0.3, 0.4) is 0 Å². The molecule has 4 heteroatoms. The first-order valence-electron chi connectivity index (χ1n) is 3.22. The van der Waals surface area contributed by atoms with E-state index in [2.05, 4.69) is 15.9 Å². The number of thiophene rings is 1. The largest absolute Gasteiger partial charge is 0.294 e. The third-order valence-corrected chi connectivity index (χ3v) is 4.81. The Labute approximate surface area is 81.3 Å². The molecule has 0 spiro atoms. The number of thioether (sulfide) groups is 1. The van der Waals surface area contributed by atoms with Crippen molar-refractivity contribution in [3.63, 3.8) is 0 Å². The van der Waals surface area contributed by atoms with Crippen LogP contribution in [-0.2, 0) is 0 Å². The van der Waals surface area contributed by atoms with Gasteiger partial charge in [-0.25, -0.2) is 0 Å². The minimum absolute atomic E-state index is 0.292. The van der Waals surface area contributed by atoms with E-state index in [-0.39, 0.29) is 0 Å². The van der Waals surface area contributed by atoms with Crippen molar-refractivity contribution < 1.29 is 4.79 Å². The van der Waals surface area contributed by atoms with Gasteiger partial charge in [0.2, 0.25) is 0 Å². The highest BCUT2D eigenvalue weighted by Crippen LogP contribution is 2.40. The Balaban J connectivity index is 2.55. The van der Waals surface area contributed by atoms with Crippen LogP contribution in [0.5, 0.6) is 0 Å². The lowest BCUT2D eigenvalue weighted by molar-refractivity contribution is 0.0985. The number of carbonyl (C=O) groups excluding carboxylic acids is 1. The Hall–Kier alpha value is 0.200. The molecule has 0 amide bonds. The summed E-state index contributed by atoms with van der Waals surface area (Å²) in [6.07, 6.45) is 0.695. The first-order chi connectivity index (χ1) is 5.29. The number of ketones is 1. The topological polar surface area (TPSA) is 17.1 Å². The lowest BCUT2D eigenvalue weighted by Crippen LogP contribution is -2.05. The summed E-state index contributed by atoms with van der Waals surface area (Å²) in [7, 11) is 0. The predicted molar refractivity (Wildman–Crippen MR) is 51.7 cm³/mol. The Morgan fingerprint density at radius 2 is 2.36 bits per heavy atom. The van der Waals surface area contributed by atoms with Crippen molar-refractivity contribution in [2.75, 3.05) is 5.75 Å². The Morgan fingerprint density at radius 1 is 1.55 bits per heavy atom. The Bertz CT molecular complexity index is 305. The summed E-state index contributed by atoms with van der Waals surface area (Å²) in [5, 5.41) is 1.94. The quantitative estimate of drug-likeness (QED) is 0.702. The summed E-state index contributed by atoms with van der Waals surface area (Å²) in [5.74, 6) is 1.22. The SMILES string of the molecule is O=C1CCSc2c1csc2Br. The van der Waals surface area contributed by atoms with E-state index in [0.717, 1.165) is 20.0 Å². The van der Waals surface area contributed by atoms with Gasteiger partial charge in [0, 0.05) is 28.0 Å². The Morgan fingerprint density at radius 3 is 3.09 bits per heavy atom. The molecular formula is C7H5BrOS2. The second-order valence-corrected chi connectivity index (χ2v) is 5.58. The van der Waals surface area contributed by atoms with E-state index in [0.29, 0.717) is 12.2 Å². The van der Waals surface area contributed by atoms with Gasteiger partial charge in [0.15, 0.2) is 5.78 Å². The van der Waals surface area contributed by atoms with Gasteiger partial charge in [0.05, 0.1) is 3.79 Å². The molecule has 11 heavy (non-hydrogen) atoms. The third kappa shape index (κ3) is 1.27. The third-order valence-electron chi connectivity index (χ3n) is 1.58. The zero-order valence-electron chi connectivity index (χ0n) is 5.59. The molecule has 1 aromatic rings. The van der Waals surface area contributed by atoms with Crippen LogP contribution in [0.15, 0.2) is 14.1 Å². The van der Waals surface area contributed by atoms with Crippen molar-refractivity contribution in [3.8, 4) is 0 Å². The average Bonchev–Trinajstić information content (AvgIpc) is 2.35. The molecule has 0 unspecified atom stereocenters. The molecular weight excluding hydrogens is 244 g/mol. The van der Waals surface area contributed by atoms with Crippen molar-refractivity contribution in [1.82, 2.24) is 0 Å². The van der Waals surface area contributed by atoms with Gasteiger partial charge in [0.25, 0.3) is 0 Å².